The third-order valence-corrected chi connectivity index (χ3v) is 6.30. The highest BCUT2D eigenvalue weighted by Gasteiger charge is 2.42. The highest BCUT2D eigenvalue weighted by Crippen LogP contribution is 2.41. The van der Waals surface area contributed by atoms with E-state index in [4.69, 9.17) is 18.6 Å². The van der Waals surface area contributed by atoms with Crippen molar-refractivity contribution in [2.75, 3.05) is 27.4 Å². The molecule has 1 aliphatic rings. The van der Waals surface area contributed by atoms with E-state index in [1.165, 1.54) is 0 Å². The summed E-state index contributed by atoms with van der Waals surface area (Å²) in [6.45, 7) is 8.79. The molecule has 0 radical (unpaired) electrons. The number of amides is 1. The molecule has 0 saturated carbocycles. The van der Waals surface area contributed by atoms with Crippen LogP contribution in [0.25, 0.3) is 11.0 Å². The summed E-state index contributed by atoms with van der Waals surface area (Å²) < 4.78 is 22.6. The Kier molecular flexibility index (Phi) is 6.66. The van der Waals surface area contributed by atoms with Gasteiger partial charge in [-0.3, -0.25) is 9.59 Å². The monoisotopic (exact) mass is 465 g/mol. The first-order valence-corrected chi connectivity index (χ1v) is 11.5. The van der Waals surface area contributed by atoms with Gasteiger partial charge < -0.3 is 23.5 Å². The molecule has 3 aromatic rings. The van der Waals surface area contributed by atoms with Crippen LogP contribution in [-0.2, 0) is 4.74 Å². The molecular formula is C27H31NO6. The molecule has 180 valence electrons. The van der Waals surface area contributed by atoms with Gasteiger partial charge in [0.1, 0.15) is 5.58 Å². The Morgan fingerprint density at radius 3 is 2.38 bits per heavy atom. The number of carbonyl (C=O) groups is 1. The zero-order valence-corrected chi connectivity index (χ0v) is 20.6. The van der Waals surface area contributed by atoms with Crippen molar-refractivity contribution in [1.82, 2.24) is 4.90 Å². The van der Waals surface area contributed by atoms with Crippen molar-refractivity contribution in [2.24, 2.45) is 0 Å². The van der Waals surface area contributed by atoms with Crippen molar-refractivity contribution in [2.45, 2.75) is 46.3 Å². The fourth-order valence-electron chi connectivity index (χ4n) is 4.43. The van der Waals surface area contributed by atoms with Crippen molar-refractivity contribution in [1.29, 1.82) is 0 Å². The predicted molar refractivity (Wildman–Crippen MR) is 130 cm³/mol. The average Bonchev–Trinajstić information content (AvgIpc) is 3.09. The zero-order valence-electron chi connectivity index (χ0n) is 20.6. The molecule has 34 heavy (non-hydrogen) atoms. The van der Waals surface area contributed by atoms with Gasteiger partial charge in [0, 0.05) is 13.2 Å². The molecule has 1 amide bonds. The van der Waals surface area contributed by atoms with Gasteiger partial charge in [0.25, 0.3) is 5.91 Å². The molecule has 1 atom stereocenters. The molecule has 4 rings (SSSR count). The summed E-state index contributed by atoms with van der Waals surface area (Å²) in [5.74, 6) is 0.909. The summed E-state index contributed by atoms with van der Waals surface area (Å²) in [6, 6.07) is 8.52. The molecule has 0 bridgehead atoms. The third-order valence-electron chi connectivity index (χ3n) is 6.30. The van der Waals surface area contributed by atoms with Crippen LogP contribution in [0.15, 0.2) is 39.5 Å². The zero-order chi connectivity index (χ0) is 24.6. The van der Waals surface area contributed by atoms with Crippen LogP contribution in [0.2, 0.25) is 0 Å². The van der Waals surface area contributed by atoms with E-state index < -0.39 is 6.04 Å². The van der Waals surface area contributed by atoms with Crippen LogP contribution in [0.3, 0.4) is 0 Å². The lowest BCUT2D eigenvalue weighted by atomic mass is 9.97. The largest absolute Gasteiger partial charge is 0.493 e. The van der Waals surface area contributed by atoms with E-state index in [0.29, 0.717) is 47.6 Å². The molecular weight excluding hydrogens is 434 g/mol. The van der Waals surface area contributed by atoms with Gasteiger partial charge in [-0.15, -0.1) is 0 Å². The lowest BCUT2D eigenvalue weighted by Crippen LogP contribution is -2.31. The van der Waals surface area contributed by atoms with Crippen LogP contribution in [-0.4, -0.2) is 44.3 Å². The Balaban J connectivity index is 1.87. The molecule has 0 unspecified atom stereocenters. The Labute approximate surface area is 199 Å². The minimum Gasteiger partial charge on any atom is -0.493 e. The van der Waals surface area contributed by atoms with Crippen LogP contribution in [0, 0.1) is 13.8 Å². The Morgan fingerprint density at radius 2 is 1.71 bits per heavy atom. The molecule has 0 aliphatic carbocycles. The van der Waals surface area contributed by atoms with Crippen molar-refractivity contribution >= 4 is 16.9 Å². The standard InChI is InChI=1S/C27H31NO6/c1-15(2)33-11-7-10-28-24(18-8-9-20(31-5)22(14-18)32-6)23-25(29)19-12-16(3)17(4)13-21(19)34-26(23)27(28)30/h8-9,12-15,24H,7,10-11H2,1-6H3/t24-/m1/s1. The van der Waals surface area contributed by atoms with Crippen LogP contribution in [0.1, 0.15) is 59.1 Å². The van der Waals surface area contributed by atoms with Crippen LogP contribution in [0.4, 0.5) is 0 Å². The topological polar surface area (TPSA) is 78.2 Å². The molecule has 1 aromatic heterocycles. The number of methoxy groups -OCH3 is 2. The lowest BCUT2D eigenvalue weighted by Gasteiger charge is -2.26. The second kappa shape index (κ2) is 9.50. The summed E-state index contributed by atoms with van der Waals surface area (Å²) in [5.41, 5.74) is 3.35. The summed E-state index contributed by atoms with van der Waals surface area (Å²) >= 11 is 0. The molecule has 1 aliphatic heterocycles. The first-order valence-electron chi connectivity index (χ1n) is 11.5. The van der Waals surface area contributed by atoms with Gasteiger partial charge in [-0.25, -0.2) is 0 Å². The molecule has 7 heteroatoms. The van der Waals surface area contributed by atoms with E-state index in [9.17, 15) is 9.59 Å². The van der Waals surface area contributed by atoms with E-state index in [1.54, 1.807) is 25.2 Å². The van der Waals surface area contributed by atoms with Crippen LogP contribution in [0.5, 0.6) is 11.5 Å². The Morgan fingerprint density at radius 1 is 1.00 bits per heavy atom. The minimum atomic E-state index is -0.594. The SMILES string of the molecule is COc1ccc([C@@H]2c3c(oc4cc(C)c(C)cc4c3=O)C(=O)N2CCCOC(C)C)cc1OC. The summed E-state index contributed by atoms with van der Waals surface area (Å²) in [7, 11) is 3.13. The van der Waals surface area contributed by atoms with Gasteiger partial charge in [0.15, 0.2) is 16.9 Å². The van der Waals surface area contributed by atoms with E-state index in [1.807, 2.05) is 52.0 Å². The van der Waals surface area contributed by atoms with Gasteiger partial charge in [-0.2, -0.15) is 0 Å². The summed E-state index contributed by atoms with van der Waals surface area (Å²) in [6.07, 6.45) is 0.737. The van der Waals surface area contributed by atoms with E-state index >= 15 is 0 Å². The van der Waals surface area contributed by atoms with E-state index in [2.05, 4.69) is 0 Å². The van der Waals surface area contributed by atoms with Gasteiger partial charge in [-0.05, 0) is 75.1 Å². The quantitative estimate of drug-likeness (QED) is 0.445. The fraction of sp³-hybridized carbons (Fsp3) is 0.407. The molecule has 2 heterocycles. The molecule has 7 nitrogen and oxygen atoms in total. The fourth-order valence-corrected chi connectivity index (χ4v) is 4.43. The summed E-state index contributed by atoms with van der Waals surface area (Å²) in [5, 5.41) is 0.477. The maximum Gasteiger partial charge on any atom is 0.290 e. The number of benzene rings is 2. The normalized spacial score (nSPS) is 15.3. The first-order chi connectivity index (χ1) is 16.3. The number of nitrogens with zero attached hydrogens (tertiary/aromatic N) is 1. The summed E-state index contributed by atoms with van der Waals surface area (Å²) in [4.78, 5) is 29.0. The van der Waals surface area contributed by atoms with Gasteiger partial charge in [0.05, 0.1) is 37.3 Å². The Bertz CT molecular complexity index is 1290. The number of aryl methyl sites for hydroxylation is 2. The van der Waals surface area contributed by atoms with Gasteiger partial charge in [-0.1, -0.05) is 6.07 Å². The van der Waals surface area contributed by atoms with E-state index in [-0.39, 0.29) is 23.2 Å². The predicted octanol–water partition coefficient (Wildman–Crippen LogP) is 4.79. The lowest BCUT2D eigenvalue weighted by molar-refractivity contribution is 0.0593. The number of ether oxygens (including phenoxy) is 3. The molecule has 0 spiro atoms. The van der Waals surface area contributed by atoms with Crippen molar-refractivity contribution in [3.8, 4) is 11.5 Å². The second-order valence-electron chi connectivity index (χ2n) is 8.90. The Hall–Kier alpha value is -3.32. The first kappa shape index (κ1) is 23.8. The minimum absolute atomic E-state index is 0.102. The van der Waals surface area contributed by atoms with Crippen LogP contribution >= 0.6 is 0 Å². The van der Waals surface area contributed by atoms with E-state index in [0.717, 1.165) is 16.7 Å². The average molecular weight is 466 g/mol. The molecule has 2 aromatic carbocycles. The maximum atomic E-state index is 13.7. The van der Waals surface area contributed by atoms with Crippen molar-refractivity contribution in [3.05, 3.63) is 68.6 Å². The highest BCUT2D eigenvalue weighted by molar-refractivity contribution is 5.99. The number of rotatable bonds is 8. The van der Waals surface area contributed by atoms with Crippen LogP contribution < -0.4 is 14.9 Å². The smallest absolute Gasteiger partial charge is 0.290 e. The number of fused-ring (bicyclic) bond motifs is 2. The molecule has 0 N–H and O–H groups in total. The van der Waals surface area contributed by atoms with Gasteiger partial charge in [0.2, 0.25) is 5.76 Å². The second-order valence-corrected chi connectivity index (χ2v) is 8.90. The molecule has 0 fully saturated rings. The number of hydrogen-bond donors (Lipinski definition) is 0. The number of hydrogen-bond acceptors (Lipinski definition) is 6. The highest BCUT2D eigenvalue weighted by atomic mass is 16.5. The third kappa shape index (κ3) is 4.16. The van der Waals surface area contributed by atoms with Gasteiger partial charge >= 0.3 is 0 Å². The van der Waals surface area contributed by atoms with Crippen molar-refractivity contribution in [3.63, 3.8) is 0 Å². The molecule has 0 saturated heterocycles. The van der Waals surface area contributed by atoms with Crippen molar-refractivity contribution < 1.29 is 23.4 Å². The maximum absolute atomic E-state index is 13.7. The number of carbonyl (C=O) groups excluding carboxylic acids is 1.